The molecule has 2 aliphatic rings. The van der Waals surface area contributed by atoms with Crippen LogP contribution in [0, 0.1) is 0 Å². The van der Waals surface area contributed by atoms with Crippen LogP contribution in [0.4, 0.5) is 13.2 Å². The Kier molecular flexibility index (Phi) is 17.2. The van der Waals surface area contributed by atoms with Crippen molar-refractivity contribution in [3.8, 4) is 0 Å². The number of ether oxygens (including phenoxy) is 9. The first-order valence-corrected chi connectivity index (χ1v) is 17.0. The minimum atomic E-state index is -5.11. The number of benzene rings is 1. The van der Waals surface area contributed by atoms with Crippen molar-refractivity contribution in [2.24, 2.45) is 0 Å². The molecule has 1 aromatic rings. The summed E-state index contributed by atoms with van der Waals surface area (Å²) in [5.41, 5.74) is 0.775. The Morgan fingerprint density at radius 1 is 0.764 bits per heavy atom. The number of rotatable bonds is 17. The van der Waals surface area contributed by atoms with E-state index in [9.17, 15) is 47.0 Å². The summed E-state index contributed by atoms with van der Waals surface area (Å²) in [5.74, 6) is -6.26. The lowest BCUT2D eigenvalue weighted by Crippen LogP contribution is -2.69. The number of aliphatic hydroxyl groups is 1. The van der Waals surface area contributed by atoms with Crippen LogP contribution in [0.25, 0.3) is 0 Å². The molecule has 1 aromatic carbocycles. The highest BCUT2D eigenvalue weighted by atomic mass is 19.4. The van der Waals surface area contributed by atoms with E-state index in [1.807, 2.05) is 0 Å². The number of hydrogen-bond donors (Lipinski definition) is 3. The quantitative estimate of drug-likeness (QED) is 0.110. The smallest absolute Gasteiger partial charge is 0.463 e. The van der Waals surface area contributed by atoms with Crippen molar-refractivity contribution in [1.29, 1.82) is 0 Å². The van der Waals surface area contributed by atoms with Gasteiger partial charge in [0.15, 0.2) is 30.9 Å². The second-order valence-electron chi connectivity index (χ2n) is 12.4. The Hall–Kier alpha value is -4.41. The number of carbonyl (C=O) groups excluding carboxylic acids is 6. The van der Waals surface area contributed by atoms with Gasteiger partial charge in [-0.05, 0) is 12.0 Å². The van der Waals surface area contributed by atoms with Crippen LogP contribution in [0.5, 0.6) is 0 Å². The molecule has 2 aliphatic heterocycles. The molecule has 2 heterocycles. The minimum absolute atomic E-state index is 0.0758. The van der Waals surface area contributed by atoms with Gasteiger partial charge in [-0.25, -0.2) is 0 Å². The highest BCUT2D eigenvalue weighted by Crippen LogP contribution is 2.34. The Bertz CT molecular complexity index is 1470. The van der Waals surface area contributed by atoms with Crippen LogP contribution >= 0.6 is 0 Å². The highest BCUT2D eigenvalue weighted by Gasteiger charge is 2.55. The fourth-order valence-corrected chi connectivity index (χ4v) is 5.65. The van der Waals surface area contributed by atoms with Gasteiger partial charge in [0.05, 0.1) is 19.8 Å². The molecule has 10 atom stereocenters. The van der Waals surface area contributed by atoms with Gasteiger partial charge in [0, 0.05) is 41.2 Å². The molecule has 2 amide bonds. The number of hydrogen-bond acceptors (Lipinski definition) is 16. The average molecular weight is 795 g/mol. The molecule has 308 valence electrons. The Morgan fingerprint density at radius 3 is 1.93 bits per heavy atom. The molecule has 18 nitrogen and oxygen atoms in total. The first kappa shape index (κ1) is 45.0. The lowest BCUT2D eigenvalue weighted by atomic mass is 9.95. The summed E-state index contributed by atoms with van der Waals surface area (Å²) in [6.07, 6.45) is -19.3. The summed E-state index contributed by atoms with van der Waals surface area (Å²) in [7, 11) is 0. The molecule has 0 radical (unpaired) electrons. The average Bonchev–Trinajstić information content (AvgIpc) is 3.08. The van der Waals surface area contributed by atoms with Crippen molar-refractivity contribution >= 4 is 35.7 Å². The zero-order valence-electron chi connectivity index (χ0n) is 30.6. The lowest BCUT2D eigenvalue weighted by Gasteiger charge is -2.48. The van der Waals surface area contributed by atoms with Crippen LogP contribution in [0.15, 0.2) is 30.3 Å². The van der Waals surface area contributed by atoms with Gasteiger partial charge in [-0.3, -0.25) is 28.8 Å². The first-order valence-electron chi connectivity index (χ1n) is 17.0. The number of halogens is 3. The molecule has 0 aliphatic carbocycles. The van der Waals surface area contributed by atoms with E-state index in [1.165, 1.54) is 0 Å². The molecule has 0 unspecified atom stereocenters. The maximum atomic E-state index is 12.6. The second kappa shape index (κ2) is 21.0. The van der Waals surface area contributed by atoms with E-state index in [-0.39, 0.29) is 26.2 Å². The summed E-state index contributed by atoms with van der Waals surface area (Å²) in [6, 6.07) is 7.55. The normalized spacial score (nSPS) is 27.9. The number of amides is 2. The van der Waals surface area contributed by atoms with Crippen LogP contribution in [0.2, 0.25) is 0 Å². The van der Waals surface area contributed by atoms with Gasteiger partial charge in [-0.1, -0.05) is 30.3 Å². The number of esters is 4. The van der Waals surface area contributed by atoms with E-state index < -0.39 is 116 Å². The predicted molar refractivity (Wildman–Crippen MR) is 175 cm³/mol. The fraction of sp³-hybridized carbons (Fsp3) is 0.647. The van der Waals surface area contributed by atoms with Gasteiger partial charge in [-0.2, -0.15) is 13.2 Å². The van der Waals surface area contributed by atoms with E-state index in [2.05, 4.69) is 5.32 Å². The van der Waals surface area contributed by atoms with E-state index >= 15 is 0 Å². The van der Waals surface area contributed by atoms with Gasteiger partial charge in [-0.15, -0.1) is 0 Å². The van der Waals surface area contributed by atoms with Crippen LogP contribution in [0.3, 0.4) is 0 Å². The van der Waals surface area contributed by atoms with Crippen molar-refractivity contribution in [2.75, 3.05) is 26.4 Å². The lowest BCUT2D eigenvalue weighted by molar-refractivity contribution is -0.350. The van der Waals surface area contributed by atoms with Gasteiger partial charge in [0.25, 0.3) is 0 Å². The number of alkyl halides is 3. The molecule has 3 rings (SSSR count). The molecule has 21 heteroatoms. The summed E-state index contributed by atoms with van der Waals surface area (Å²) in [6.45, 7) is 3.70. The Morgan fingerprint density at radius 2 is 1.35 bits per heavy atom. The minimum Gasteiger partial charge on any atom is -0.463 e. The maximum absolute atomic E-state index is 12.6. The number of carbonyl (C=O) groups is 6. The summed E-state index contributed by atoms with van der Waals surface area (Å²) in [4.78, 5) is 72.4. The molecular weight excluding hydrogens is 749 g/mol. The zero-order chi connectivity index (χ0) is 40.9. The summed E-state index contributed by atoms with van der Waals surface area (Å²) in [5, 5.41) is 15.7. The van der Waals surface area contributed by atoms with Gasteiger partial charge in [0.1, 0.15) is 37.1 Å². The topological polar surface area (TPSA) is 230 Å². The zero-order valence-corrected chi connectivity index (χ0v) is 30.6. The van der Waals surface area contributed by atoms with E-state index in [0.717, 1.165) is 40.2 Å². The van der Waals surface area contributed by atoms with Crippen molar-refractivity contribution in [1.82, 2.24) is 10.6 Å². The largest absolute Gasteiger partial charge is 0.471 e. The third-order valence-electron chi connectivity index (χ3n) is 7.82. The van der Waals surface area contributed by atoms with Gasteiger partial charge in [0.2, 0.25) is 5.91 Å². The summed E-state index contributed by atoms with van der Waals surface area (Å²) < 4.78 is 89.3. The van der Waals surface area contributed by atoms with Gasteiger partial charge >= 0.3 is 36.0 Å². The SMILES string of the molecule is CC(=O)N[C@H]1[C@H](OCCCNC(=O)C(F)(F)F)O[C@H](COC(C)=O)[C@@H](O[C@H]2O[C@@H](COCc3ccccc3)[C@@H](OC(C)=O)[C@@H](O)[C@@H]2OC(C)=O)[C@@H]1OC(C)=O. The summed E-state index contributed by atoms with van der Waals surface area (Å²) >= 11 is 0. The second-order valence-corrected chi connectivity index (χ2v) is 12.4. The molecule has 3 N–H and O–H groups in total. The van der Waals surface area contributed by atoms with Crippen LogP contribution in [0.1, 0.15) is 46.6 Å². The van der Waals surface area contributed by atoms with Crippen LogP contribution in [-0.2, 0) is 78.0 Å². The molecule has 55 heavy (non-hydrogen) atoms. The van der Waals surface area contributed by atoms with E-state index in [0.29, 0.717) is 0 Å². The van der Waals surface area contributed by atoms with Gasteiger partial charge < -0.3 is 58.4 Å². The van der Waals surface area contributed by atoms with Crippen LogP contribution in [-0.4, -0.2) is 135 Å². The van der Waals surface area contributed by atoms with Crippen molar-refractivity contribution < 1.29 is 89.7 Å². The Labute approximate surface area is 313 Å². The standard InChI is InChI=1S/C34H45F3N2O16/c1-17(40)39-25-29(51-20(4)43)28(24(16-49-18(2)41)53-31(25)48-13-9-12-38-33(46)34(35,36)37)55-32-30(52-21(5)44)26(45)27(50-19(3)42)23(54-32)15-47-14-22-10-7-6-8-11-22/h6-8,10-11,23-32,45H,9,12-16H2,1-5H3,(H,38,46)(H,39,40)/t23-,24+,25+,26+,27+,28+,29+,30-,31+,32+/m0/s1. The fourth-order valence-electron chi connectivity index (χ4n) is 5.65. The molecular formula is C34H45F3N2O16. The molecule has 2 fully saturated rings. The molecule has 0 spiro atoms. The Balaban J connectivity index is 1.97. The predicted octanol–water partition coefficient (Wildman–Crippen LogP) is 0.347. The van der Waals surface area contributed by atoms with E-state index in [1.54, 1.807) is 35.6 Å². The molecule has 0 bridgehead atoms. The molecule has 0 saturated carbocycles. The van der Waals surface area contributed by atoms with E-state index in [4.69, 9.17) is 42.6 Å². The van der Waals surface area contributed by atoms with Crippen molar-refractivity contribution in [2.45, 2.75) is 115 Å². The highest BCUT2D eigenvalue weighted by molar-refractivity contribution is 5.81. The van der Waals surface area contributed by atoms with Crippen molar-refractivity contribution in [3.63, 3.8) is 0 Å². The van der Waals surface area contributed by atoms with Crippen LogP contribution < -0.4 is 10.6 Å². The first-order chi connectivity index (χ1) is 25.9. The number of aliphatic hydroxyl groups excluding tert-OH is 1. The monoisotopic (exact) mass is 794 g/mol. The molecule has 2 saturated heterocycles. The third-order valence-corrected chi connectivity index (χ3v) is 7.82. The molecule has 0 aromatic heterocycles. The third kappa shape index (κ3) is 14.3. The number of nitrogens with one attached hydrogen (secondary N) is 2. The maximum Gasteiger partial charge on any atom is 0.471 e. The van der Waals surface area contributed by atoms with Crippen molar-refractivity contribution in [3.05, 3.63) is 35.9 Å².